The van der Waals surface area contributed by atoms with Crippen LogP contribution < -0.4 is 5.73 Å². The quantitative estimate of drug-likeness (QED) is 0.822. The summed E-state index contributed by atoms with van der Waals surface area (Å²) in [5, 5.41) is 9.89. The van der Waals surface area contributed by atoms with E-state index in [1.807, 2.05) is 13.8 Å². The van der Waals surface area contributed by atoms with Crippen LogP contribution in [0.4, 0.5) is 0 Å². The Balaban J connectivity index is 0.00000289. The number of carbonyl (C=O) groups is 1. The maximum absolute atomic E-state index is 11.4. The Morgan fingerprint density at radius 3 is 2.50 bits per heavy atom. The maximum atomic E-state index is 11.4. The number of hydrogen-bond donors (Lipinski definition) is 2. The number of benzene rings is 1. The third-order valence-corrected chi connectivity index (χ3v) is 2.74. The minimum Gasteiger partial charge on any atom is -0.465 e. The molecule has 1 aromatic carbocycles. The van der Waals surface area contributed by atoms with Gasteiger partial charge in [0, 0.05) is 0 Å². The van der Waals surface area contributed by atoms with Gasteiger partial charge in [0.25, 0.3) is 0 Å². The first-order chi connectivity index (χ1) is 7.97. The minimum absolute atomic E-state index is 0. The Morgan fingerprint density at radius 2 is 2.00 bits per heavy atom. The zero-order valence-electron chi connectivity index (χ0n) is 10.8. The number of esters is 1. The van der Waals surface area contributed by atoms with Crippen molar-refractivity contribution in [3.8, 4) is 0 Å². The number of methoxy groups -OCH3 is 1. The molecule has 0 spiro atoms. The highest BCUT2D eigenvalue weighted by Gasteiger charge is 2.20. The number of nitrogens with two attached hydrogens (primary N) is 1. The summed E-state index contributed by atoms with van der Waals surface area (Å²) in [5.74, 6) is -0.343. The van der Waals surface area contributed by atoms with Gasteiger partial charge in [-0.15, -0.1) is 12.4 Å². The zero-order valence-corrected chi connectivity index (χ0v) is 11.6. The van der Waals surface area contributed by atoms with E-state index in [-0.39, 0.29) is 18.3 Å². The van der Waals surface area contributed by atoms with Gasteiger partial charge < -0.3 is 15.6 Å². The van der Waals surface area contributed by atoms with Crippen LogP contribution in [-0.4, -0.2) is 24.3 Å². The van der Waals surface area contributed by atoms with E-state index in [0.29, 0.717) is 5.56 Å². The number of ether oxygens (including phenoxy) is 1. The largest absolute Gasteiger partial charge is 0.465 e. The average Bonchev–Trinajstić information content (AvgIpc) is 2.36. The van der Waals surface area contributed by atoms with Crippen LogP contribution >= 0.6 is 12.4 Å². The average molecular weight is 274 g/mol. The first-order valence-corrected chi connectivity index (χ1v) is 5.59. The van der Waals surface area contributed by atoms with Gasteiger partial charge in [-0.2, -0.15) is 0 Å². The van der Waals surface area contributed by atoms with Crippen LogP contribution in [0.15, 0.2) is 24.3 Å². The summed E-state index contributed by atoms with van der Waals surface area (Å²) >= 11 is 0. The zero-order chi connectivity index (χ0) is 13.0. The van der Waals surface area contributed by atoms with Crippen molar-refractivity contribution in [1.29, 1.82) is 0 Å². The second kappa shape index (κ2) is 7.36. The molecule has 0 aromatic heterocycles. The van der Waals surface area contributed by atoms with E-state index >= 15 is 0 Å². The summed E-state index contributed by atoms with van der Waals surface area (Å²) in [7, 11) is 1.33. The molecule has 2 atom stereocenters. The van der Waals surface area contributed by atoms with Crippen LogP contribution in [0.2, 0.25) is 0 Å². The molecule has 0 amide bonds. The first-order valence-electron chi connectivity index (χ1n) is 5.59. The fourth-order valence-corrected chi connectivity index (χ4v) is 1.60. The van der Waals surface area contributed by atoms with Gasteiger partial charge in [0.05, 0.1) is 24.8 Å². The lowest BCUT2D eigenvalue weighted by Gasteiger charge is -2.22. The van der Waals surface area contributed by atoms with Gasteiger partial charge in [-0.25, -0.2) is 4.79 Å². The molecule has 0 radical (unpaired) electrons. The molecule has 0 aliphatic carbocycles. The van der Waals surface area contributed by atoms with Crippen molar-refractivity contribution in [3.63, 3.8) is 0 Å². The van der Waals surface area contributed by atoms with Crippen molar-refractivity contribution in [2.75, 3.05) is 7.11 Å². The van der Waals surface area contributed by atoms with Crippen molar-refractivity contribution in [2.45, 2.75) is 26.0 Å². The molecular formula is C13H20ClNO3. The van der Waals surface area contributed by atoms with Crippen LogP contribution in [0.1, 0.15) is 35.8 Å². The topological polar surface area (TPSA) is 72.5 Å². The normalized spacial score (nSPS) is 13.7. The van der Waals surface area contributed by atoms with Crippen LogP contribution in [0.3, 0.4) is 0 Å². The summed E-state index contributed by atoms with van der Waals surface area (Å²) in [4.78, 5) is 11.4. The van der Waals surface area contributed by atoms with Crippen molar-refractivity contribution in [1.82, 2.24) is 0 Å². The molecule has 1 rings (SSSR count). The van der Waals surface area contributed by atoms with E-state index < -0.39 is 18.1 Å². The van der Waals surface area contributed by atoms with Crippen molar-refractivity contribution >= 4 is 18.4 Å². The molecule has 0 aliphatic rings. The van der Waals surface area contributed by atoms with Crippen molar-refractivity contribution in [2.24, 2.45) is 11.7 Å². The standard InChI is InChI=1S/C13H19NO3.ClH/c1-8(2)12(15)11(14)9-5-4-6-10(7-9)13(16)17-3;/h4-8,11-12,15H,14H2,1-3H3;1H/t11-,12+;/m0./s1. The fourth-order valence-electron chi connectivity index (χ4n) is 1.60. The SMILES string of the molecule is COC(=O)c1cccc([C@H](N)[C@H](O)C(C)C)c1.Cl. The van der Waals surface area contributed by atoms with Gasteiger partial charge in [-0.1, -0.05) is 26.0 Å². The molecule has 4 nitrogen and oxygen atoms in total. The molecule has 0 saturated heterocycles. The first kappa shape index (κ1) is 16.9. The molecule has 3 N–H and O–H groups in total. The highest BCUT2D eigenvalue weighted by molar-refractivity contribution is 5.89. The molecule has 102 valence electrons. The van der Waals surface area contributed by atoms with Gasteiger partial charge in [-0.05, 0) is 23.6 Å². The van der Waals surface area contributed by atoms with Crippen LogP contribution in [0.25, 0.3) is 0 Å². The lowest BCUT2D eigenvalue weighted by molar-refractivity contribution is 0.0600. The third-order valence-electron chi connectivity index (χ3n) is 2.74. The molecule has 0 saturated carbocycles. The van der Waals surface area contributed by atoms with Gasteiger partial charge >= 0.3 is 5.97 Å². The van der Waals surface area contributed by atoms with Crippen molar-refractivity contribution in [3.05, 3.63) is 35.4 Å². The summed E-state index contributed by atoms with van der Waals surface area (Å²) in [6.45, 7) is 3.80. The Kier molecular flexibility index (Phi) is 6.91. The molecule has 5 heteroatoms. The number of halogens is 1. The predicted octanol–water partition coefficient (Wildman–Crippen LogP) is 1.91. The molecule has 0 aliphatic heterocycles. The summed E-state index contributed by atoms with van der Waals surface area (Å²) in [6.07, 6.45) is -0.636. The monoisotopic (exact) mass is 273 g/mol. The summed E-state index contributed by atoms with van der Waals surface area (Å²) < 4.78 is 4.64. The van der Waals surface area contributed by atoms with Crippen LogP contribution in [0.5, 0.6) is 0 Å². The number of aliphatic hydroxyl groups is 1. The fraction of sp³-hybridized carbons (Fsp3) is 0.462. The lowest BCUT2D eigenvalue weighted by atomic mass is 9.93. The van der Waals surface area contributed by atoms with Crippen LogP contribution in [-0.2, 0) is 4.74 Å². The van der Waals surface area contributed by atoms with Gasteiger partial charge in [0.15, 0.2) is 0 Å². The second-order valence-electron chi connectivity index (χ2n) is 4.38. The Hall–Kier alpha value is -1.10. The number of rotatable bonds is 4. The molecule has 1 aromatic rings. The highest BCUT2D eigenvalue weighted by atomic mass is 35.5. The van der Waals surface area contributed by atoms with E-state index in [4.69, 9.17) is 5.73 Å². The molecule has 18 heavy (non-hydrogen) atoms. The minimum atomic E-state index is -0.636. The highest BCUT2D eigenvalue weighted by Crippen LogP contribution is 2.20. The van der Waals surface area contributed by atoms with Crippen LogP contribution in [0, 0.1) is 5.92 Å². The van der Waals surface area contributed by atoms with E-state index in [1.54, 1.807) is 24.3 Å². The molecule has 0 unspecified atom stereocenters. The lowest BCUT2D eigenvalue weighted by Crippen LogP contribution is -2.30. The van der Waals surface area contributed by atoms with E-state index in [1.165, 1.54) is 7.11 Å². The Labute approximate surface area is 114 Å². The molecule has 0 heterocycles. The van der Waals surface area contributed by atoms with Gasteiger partial charge in [0.2, 0.25) is 0 Å². The second-order valence-corrected chi connectivity index (χ2v) is 4.38. The molecule has 0 fully saturated rings. The number of hydrogen-bond acceptors (Lipinski definition) is 4. The van der Waals surface area contributed by atoms with Gasteiger partial charge in [0.1, 0.15) is 0 Å². The third kappa shape index (κ3) is 3.98. The Morgan fingerprint density at radius 1 is 1.39 bits per heavy atom. The summed E-state index contributed by atoms with van der Waals surface area (Å²) in [6, 6.07) is 6.34. The van der Waals surface area contributed by atoms with E-state index in [0.717, 1.165) is 5.56 Å². The van der Waals surface area contributed by atoms with Crippen molar-refractivity contribution < 1.29 is 14.6 Å². The smallest absolute Gasteiger partial charge is 0.337 e. The predicted molar refractivity (Wildman–Crippen MR) is 72.8 cm³/mol. The summed E-state index contributed by atoms with van der Waals surface area (Å²) in [5.41, 5.74) is 7.12. The van der Waals surface area contributed by atoms with Gasteiger partial charge in [-0.3, -0.25) is 0 Å². The number of aliphatic hydroxyl groups excluding tert-OH is 1. The van der Waals surface area contributed by atoms with E-state index in [2.05, 4.69) is 4.74 Å². The number of carbonyl (C=O) groups excluding carboxylic acids is 1. The molecule has 0 bridgehead atoms. The Bertz CT molecular complexity index is 396. The molecular weight excluding hydrogens is 254 g/mol. The van der Waals surface area contributed by atoms with E-state index in [9.17, 15) is 9.90 Å². The maximum Gasteiger partial charge on any atom is 0.337 e.